The molecule has 0 saturated heterocycles. The molecule has 5 nitrogen and oxygen atoms in total. The summed E-state index contributed by atoms with van der Waals surface area (Å²) < 4.78 is 10.4. The van der Waals surface area contributed by atoms with Gasteiger partial charge in [-0.25, -0.2) is 0 Å². The quantitative estimate of drug-likeness (QED) is 0.140. The van der Waals surface area contributed by atoms with Crippen molar-refractivity contribution in [2.24, 2.45) is 0 Å². The molecule has 4 aromatic rings. The molecule has 0 spiro atoms. The highest BCUT2D eigenvalue weighted by atomic mass is 32.7. The maximum Gasteiger partial charge on any atom is 0.302 e. The number of hydrogen-bond acceptors (Lipinski definition) is 9. The van der Waals surface area contributed by atoms with E-state index in [9.17, 15) is 14.4 Å². The van der Waals surface area contributed by atoms with Gasteiger partial charge in [-0.2, -0.15) is 0 Å². The van der Waals surface area contributed by atoms with Crippen LogP contribution in [0.15, 0.2) is 97.1 Å². The van der Waals surface area contributed by atoms with Gasteiger partial charge in [0.25, 0.3) is 0 Å². The van der Waals surface area contributed by atoms with Crippen molar-refractivity contribution >= 4 is 93.1 Å². The predicted octanol–water partition coefficient (Wildman–Crippen LogP) is 10.8. The van der Waals surface area contributed by atoms with Crippen molar-refractivity contribution < 1.29 is 23.9 Å². The van der Waals surface area contributed by atoms with Crippen LogP contribution < -0.4 is 0 Å². The molecule has 2 aliphatic rings. The summed E-state index contributed by atoms with van der Waals surface area (Å²) >= 11 is 17.6. The Balaban J connectivity index is 0.000000251. The monoisotopic (exact) mass is 786 g/mol. The molecule has 48 heavy (non-hydrogen) atoms. The molecule has 0 fully saturated rings. The van der Waals surface area contributed by atoms with Gasteiger partial charge in [0.2, 0.25) is 0 Å². The number of carbonyl (C=O) groups is 3. The summed E-state index contributed by atoms with van der Waals surface area (Å²) in [5.74, 6) is 0.0522. The van der Waals surface area contributed by atoms with Crippen LogP contribution in [0.2, 0.25) is 0 Å². The van der Waals surface area contributed by atoms with Crippen molar-refractivity contribution in [3.63, 3.8) is 0 Å². The number of esters is 2. The lowest BCUT2D eigenvalue weighted by Crippen LogP contribution is -2.09. The van der Waals surface area contributed by atoms with E-state index in [-0.39, 0.29) is 29.6 Å². The second kappa shape index (κ2) is 23.1. The number of Topliss-reactive ketones (excluding diaryl/α,β-unsaturated/α-hetero) is 1. The summed E-state index contributed by atoms with van der Waals surface area (Å²) in [6.07, 6.45) is 0. The van der Waals surface area contributed by atoms with Crippen molar-refractivity contribution in [1.82, 2.24) is 0 Å². The van der Waals surface area contributed by atoms with Crippen LogP contribution in [0.4, 0.5) is 0 Å². The normalized spacial score (nSPS) is 11.8. The first-order valence-electron chi connectivity index (χ1n) is 14.5. The first kappa shape index (κ1) is 41.7. The Morgan fingerprint density at radius 2 is 0.688 bits per heavy atom. The Kier molecular flexibility index (Phi) is 20.1. The number of carbonyl (C=O) groups excluding carboxylic acids is 3. The molecular formula is C35H34O5P4S4. The van der Waals surface area contributed by atoms with Crippen molar-refractivity contribution in [2.75, 3.05) is 13.2 Å². The van der Waals surface area contributed by atoms with Gasteiger partial charge in [-0.15, -0.1) is 0 Å². The van der Waals surface area contributed by atoms with E-state index in [4.69, 9.17) is 9.47 Å². The number of rotatable bonds is 6. The summed E-state index contributed by atoms with van der Waals surface area (Å²) in [6.45, 7) is 6.80. The van der Waals surface area contributed by atoms with Crippen molar-refractivity contribution in [3.8, 4) is 22.3 Å². The highest BCUT2D eigenvalue weighted by Gasteiger charge is 2.29. The molecule has 0 N–H and O–H groups in total. The largest absolute Gasteiger partial charge is 0.465 e. The molecule has 2 aliphatic carbocycles. The van der Waals surface area contributed by atoms with Crippen molar-refractivity contribution in [3.05, 3.63) is 119 Å². The first-order chi connectivity index (χ1) is 23.1. The van der Waals surface area contributed by atoms with Gasteiger partial charge in [-0.05, 0) is 106 Å². The predicted molar refractivity (Wildman–Crippen MR) is 214 cm³/mol. The minimum atomic E-state index is -0.225. The highest BCUT2D eigenvalue weighted by Crippen LogP contribution is 2.45. The Bertz CT molecular complexity index is 1520. The fraction of sp³-hybridized carbons (Fsp3) is 0.229. The molecule has 13 heteroatoms. The highest BCUT2D eigenvalue weighted by molar-refractivity contribution is 8.41. The summed E-state index contributed by atoms with van der Waals surface area (Å²) in [6, 6.07) is 33.3. The Morgan fingerprint density at radius 1 is 0.479 bits per heavy atom. The molecule has 0 aliphatic heterocycles. The Hall–Kier alpha value is -2.43. The zero-order valence-electron chi connectivity index (χ0n) is 26.8. The van der Waals surface area contributed by atoms with Gasteiger partial charge in [0, 0.05) is 53.9 Å². The number of fused-ring (bicyclic) bond motifs is 6. The third-order valence-electron chi connectivity index (χ3n) is 6.90. The first-order valence-corrected chi connectivity index (χ1v) is 23.6. The van der Waals surface area contributed by atoms with E-state index in [1.54, 1.807) is 0 Å². The lowest BCUT2D eigenvalue weighted by atomic mass is 9.98. The van der Waals surface area contributed by atoms with Gasteiger partial charge in [0.15, 0.2) is 0 Å². The Labute approximate surface area is 309 Å². The van der Waals surface area contributed by atoms with Crippen LogP contribution in [-0.4, -0.2) is 30.9 Å². The maximum absolute atomic E-state index is 11.0. The van der Waals surface area contributed by atoms with E-state index >= 15 is 0 Å². The van der Waals surface area contributed by atoms with Crippen LogP contribution in [0.5, 0.6) is 0 Å². The molecule has 0 bridgehead atoms. The molecule has 6 rings (SSSR count). The molecule has 248 valence electrons. The van der Waals surface area contributed by atoms with Crippen LogP contribution in [-0.2, 0) is 71.1 Å². The van der Waals surface area contributed by atoms with Crippen molar-refractivity contribution in [2.45, 2.75) is 39.5 Å². The summed E-state index contributed by atoms with van der Waals surface area (Å²) in [5.41, 5.74) is 10.0. The molecule has 0 aromatic heterocycles. The van der Waals surface area contributed by atoms with Gasteiger partial charge >= 0.3 is 11.9 Å². The van der Waals surface area contributed by atoms with Gasteiger partial charge in [-0.1, -0.05) is 97.1 Å². The molecular weight excluding hydrogens is 753 g/mol. The summed E-state index contributed by atoms with van der Waals surface area (Å²) in [4.78, 5) is 31.4. The lowest BCUT2D eigenvalue weighted by molar-refractivity contribution is -0.142. The second-order valence-electron chi connectivity index (χ2n) is 10.3. The van der Waals surface area contributed by atoms with E-state index in [2.05, 4.69) is 95.8 Å². The van der Waals surface area contributed by atoms with Gasteiger partial charge in [-0.3, -0.25) is 9.59 Å². The number of ketones is 1. The second-order valence-corrected chi connectivity index (χ2v) is 18.8. The third kappa shape index (κ3) is 13.1. The molecule has 0 heterocycles. The standard InChI is InChI=1S/2C16H14O2.C3H6O.2P2S2/c2*1-11(17)18-10-16-14-8-4-2-6-12(14)13-7-3-5-9-15(13)16;1-3(2)4;2*3-1-2-4/h2*2-9,16H,10H2,1H3;1-2H3;;. The molecule has 0 atom stereocenters. The number of hydrogen-bond donors (Lipinski definition) is 0. The Morgan fingerprint density at radius 3 is 0.875 bits per heavy atom. The average molecular weight is 787 g/mol. The zero-order valence-corrected chi connectivity index (χ0v) is 33.6. The average Bonchev–Trinajstić information content (AvgIpc) is 3.59. The van der Waals surface area contributed by atoms with Gasteiger partial charge in [0.1, 0.15) is 19.0 Å². The molecule has 0 amide bonds. The summed E-state index contributed by atoms with van der Waals surface area (Å²) in [7, 11) is 3.48. The third-order valence-corrected chi connectivity index (χ3v) is 12.2. The minimum absolute atomic E-state index is 0.167. The van der Waals surface area contributed by atoms with Crippen LogP contribution in [0, 0.1) is 0 Å². The SMILES string of the molecule is CC(=O)OCC1c2ccccc2-c2ccccc21.CC(=O)OCC1c2ccccc2-c2ccccc21.CC(C)=O.S=PP=S.S=PP=S. The fourth-order valence-corrected chi connectivity index (χ4v) is 5.28. The molecule has 4 aromatic carbocycles. The van der Waals surface area contributed by atoms with Crippen LogP contribution in [0.3, 0.4) is 0 Å². The van der Waals surface area contributed by atoms with Gasteiger partial charge < -0.3 is 14.3 Å². The maximum atomic E-state index is 11.0. The van der Waals surface area contributed by atoms with E-state index in [0.717, 1.165) is 28.2 Å². The number of benzene rings is 4. The van der Waals surface area contributed by atoms with Crippen molar-refractivity contribution in [1.29, 1.82) is 0 Å². The lowest BCUT2D eigenvalue weighted by Gasteiger charge is -2.12. The number of ether oxygens (including phenoxy) is 2. The van der Waals surface area contributed by atoms with E-state index in [1.165, 1.54) is 72.2 Å². The molecule has 0 unspecified atom stereocenters. The van der Waals surface area contributed by atoms with Crippen LogP contribution in [0.1, 0.15) is 61.8 Å². The van der Waals surface area contributed by atoms with Crippen LogP contribution >= 0.6 is 28.2 Å². The molecule has 0 radical (unpaired) electrons. The smallest absolute Gasteiger partial charge is 0.302 e. The molecule has 0 saturated carbocycles. The fourth-order valence-electron chi connectivity index (χ4n) is 5.28. The van der Waals surface area contributed by atoms with E-state index in [0.29, 0.717) is 13.2 Å². The zero-order chi connectivity index (χ0) is 35.5. The van der Waals surface area contributed by atoms with E-state index < -0.39 is 0 Å². The summed E-state index contributed by atoms with van der Waals surface area (Å²) in [5, 5.41) is 0. The van der Waals surface area contributed by atoms with E-state index in [1.807, 2.05) is 48.5 Å². The van der Waals surface area contributed by atoms with Gasteiger partial charge in [0.05, 0.1) is 0 Å². The topological polar surface area (TPSA) is 69.7 Å². The minimum Gasteiger partial charge on any atom is -0.465 e. The van der Waals surface area contributed by atoms with Crippen LogP contribution in [0.25, 0.3) is 22.3 Å².